The summed E-state index contributed by atoms with van der Waals surface area (Å²) in [5.41, 5.74) is 2.33. The summed E-state index contributed by atoms with van der Waals surface area (Å²) in [6, 6.07) is 18.2. The number of carbonyl (C=O) groups excluding carboxylic acids is 1. The first-order valence-electron chi connectivity index (χ1n) is 10.5. The van der Waals surface area contributed by atoms with Crippen molar-refractivity contribution in [1.82, 2.24) is 5.32 Å². The predicted molar refractivity (Wildman–Crippen MR) is 116 cm³/mol. The van der Waals surface area contributed by atoms with E-state index < -0.39 is 0 Å². The number of piperazine rings is 1. The van der Waals surface area contributed by atoms with Crippen LogP contribution in [-0.4, -0.2) is 51.8 Å². The molecule has 3 N–H and O–H groups in total. The molecular weight excluding hydrogens is 362 g/mol. The molecule has 0 bridgehead atoms. The molecule has 0 spiro atoms. The van der Waals surface area contributed by atoms with Crippen molar-refractivity contribution >= 4 is 12.0 Å². The standard InChI is InChI=1S/C24H31N3O2/c1-20(24(28)25-19-22-10-12-23(29-2)13-11-22)27-17-15-26(16-18-27)14-6-9-21-7-4-3-5-8-21/h3-13,20H,14-19H2,1-2H3,(H,25,28)/p+2/b9-6+/t20-/m0/s1. The Morgan fingerprint density at radius 3 is 2.41 bits per heavy atom. The first-order valence-corrected chi connectivity index (χ1v) is 10.5. The number of nitrogens with one attached hydrogen (secondary N) is 3. The molecular formula is C24H33N3O2+2. The van der Waals surface area contributed by atoms with Crippen LogP contribution in [0.15, 0.2) is 60.7 Å². The van der Waals surface area contributed by atoms with Gasteiger partial charge in [0, 0.05) is 6.54 Å². The van der Waals surface area contributed by atoms with Crippen LogP contribution in [0.2, 0.25) is 0 Å². The molecule has 1 heterocycles. The number of ether oxygens (including phenoxy) is 1. The zero-order valence-electron chi connectivity index (χ0n) is 17.5. The highest BCUT2D eigenvalue weighted by Gasteiger charge is 2.30. The molecule has 2 aromatic rings. The summed E-state index contributed by atoms with van der Waals surface area (Å²) < 4.78 is 5.17. The van der Waals surface area contributed by atoms with E-state index in [1.165, 1.54) is 10.5 Å². The Kier molecular flexibility index (Phi) is 7.85. The molecule has 5 heteroatoms. The minimum Gasteiger partial charge on any atom is -0.497 e. The summed E-state index contributed by atoms with van der Waals surface area (Å²) in [4.78, 5) is 15.5. The molecule has 1 saturated heterocycles. The monoisotopic (exact) mass is 395 g/mol. The summed E-state index contributed by atoms with van der Waals surface area (Å²) in [5.74, 6) is 0.958. The molecule has 154 valence electrons. The highest BCUT2D eigenvalue weighted by atomic mass is 16.5. The summed E-state index contributed by atoms with van der Waals surface area (Å²) in [7, 11) is 1.66. The highest BCUT2D eigenvalue weighted by Crippen LogP contribution is 2.10. The van der Waals surface area contributed by atoms with Crippen molar-refractivity contribution in [2.45, 2.75) is 19.5 Å². The largest absolute Gasteiger partial charge is 0.497 e. The van der Waals surface area contributed by atoms with Crippen LogP contribution < -0.4 is 19.9 Å². The van der Waals surface area contributed by atoms with Gasteiger partial charge in [-0.3, -0.25) is 4.79 Å². The number of hydrogen-bond donors (Lipinski definition) is 3. The van der Waals surface area contributed by atoms with Crippen LogP contribution in [0, 0.1) is 0 Å². The van der Waals surface area contributed by atoms with E-state index in [2.05, 4.69) is 41.7 Å². The Morgan fingerprint density at radius 2 is 1.76 bits per heavy atom. The van der Waals surface area contributed by atoms with Gasteiger partial charge in [0.1, 0.15) is 31.9 Å². The minimum atomic E-state index is -0.0188. The van der Waals surface area contributed by atoms with Crippen LogP contribution in [0.4, 0.5) is 0 Å². The summed E-state index contributed by atoms with van der Waals surface area (Å²) >= 11 is 0. The van der Waals surface area contributed by atoms with Crippen molar-refractivity contribution in [2.75, 3.05) is 39.8 Å². The van der Waals surface area contributed by atoms with Crippen LogP contribution in [-0.2, 0) is 11.3 Å². The molecule has 1 atom stereocenters. The maximum absolute atomic E-state index is 12.6. The molecule has 3 rings (SSSR count). The van der Waals surface area contributed by atoms with E-state index >= 15 is 0 Å². The molecule has 2 aromatic carbocycles. The van der Waals surface area contributed by atoms with Crippen molar-refractivity contribution < 1.29 is 19.3 Å². The van der Waals surface area contributed by atoms with Crippen molar-refractivity contribution in [3.05, 3.63) is 71.8 Å². The fourth-order valence-electron chi connectivity index (χ4n) is 3.76. The topological polar surface area (TPSA) is 47.2 Å². The van der Waals surface area contributed by atoms with Gasteiger partial charge in [-0.2, -0.15) is 0 Å². The van der Waals surface area contributed by atoms with E-state index in [-0.39, 0.29) is 11.9 Å². The van der Waals surface area contributed by atoms with Gasteiger partial charge in [-0.1, -0.05) is 48.5 Å². The van der Waals surface area contributed by atoms with Crippen molar-refractivity contribution in [3.8, 4) is 5.75 Å². The Balaban J connectivity index is 1.38. The molecule has 0 aromatic heterocycles. The quantitative estimate of drug-likeness (QED) is 0.598. The van der Waals surface area contributed by atoms with Crippen LogP contribution in [0.5, 0.6) is 5.75 Å². The van der Waals surface area contributed by atoms with E-state index in [4.69, 9.17) is 4.74 Å². The van der Waals surface area contributed by atoms with Gasteiger partial charge in [-0.05, 0) is 36.3 Å². The normalized spacial score (nSPS) is 20.3. The van der Waals surface area contributed by atoms with Gasteiger partial charge in [0.15, 0.2) is 6.04 Å². The van der Waals surface area contributed by atoms with Gasteiger partial charge in [0.05, 0.1) is 13.7 Å². The highest BCUT2D eigenvalue weighted by molar-refractivity contribution is 5.79. The van der Waals surface area contributed by atoms with Crippen LogP contribution in [0.1, 0.15) is 18.1 Å². The van der Waals surface area contributed by atoms with Crippen LogP contribution in [0.25, 0.3) is 6.08 Å². The molecule has 0 saturated carbocycles. The third kappa shape index (κ3) is 6.44. The fourth-order valence-corrected chi connectivity index (χ4v) is 3.76. The second kappa shape index (κ2) is 10.8. The van der Waals surface area contributed by atoms with E-state index in [0.717, 1.165) is 44.0 Å². The first-order chi connectivity index (χ1) is 14.2. The fraction of sp³-hybridized carbons (Fsp3) is 0.375. The molecule has 1 amide bonds. The van der Waals surface area contributed by atoms with Gasteiger partial charge in [-0.25, -0.2) is 0 Å². The zero-order valence-corrected chi connectivity index (χ0v) is 17.5. The lowest BCUT2D eigenvalue weighted by Crippen LogP contribution is -3.30. The maximum Gasteiger partial charge on any atom is 0.278 e. The average Bonchev–Trinajstić information content (AvgIpc) is 2.78. The Morgan fingerprint density at radius 1 is 1.07 bits per heavy atom. The first kappa shape index (κ1) is 21.1. The Bertz CT molecular complexity index is 782. The second-order valence-corrected chi connectivity index (χ2v) is 7.71. The van der Waals surface area contributed by atoms with Gasteiger partial charge >= 0.3 is 0 Å². The minimum absolute atomic E-state index is 0.0188. The summed E-state index contributed by atoms with van der Waals surface area (Å²) in [6.07, 6.45) is 4.46. The molecule has 0 radical (unpaired) electrons. The molecule has 1 aliphatic heterocycles. The summed E-state index contributed by atoms with van der Waals surface area (Å²) in [6.45, 7) is 7.91. The van der Waals surface area contributed by atoms with Crippen LogP contribution in [0.3, 0.4) is 0 Å². The van der Waals surface area contributed by atoms with Crippen molar-refractivity contribution in [3.63, 3.8) is 0 Å². The number of amides is 1. The third-order valence-electron chi connectivity index (χ3n) is 5.75. The van der Waals surface area contributed by atoms with E-state index in [1.54, 1.807) is 12.0 Å². The molecule has 5 nitrogen and oxygen atoms in total. The van der Waals surface area contributed by atoms with E-state index in [0.29, 0.717) is 6.54 Å². The number of quaternary nitrogens is 2. The van der Waals surface area contributed by atoms with Gasteiger partial charge < -0.3 is 19.9 Å². The van der Waals surface area contributed by atoms with Crippen molar-refractivity contribution in [2.24, 2.45) is 0 Å². The number of carbonyl (C=O) groups is 1. The van der Waals surface area contributed by atoms with Crippen molar-refractivity contribution in [1.29, 1.82) is 0 Å². The lowest BCUT2D eigenvalue weighted by molar-refractivity contribution is -1.02. The zero-order chi connectivity index (χ0) is 20.5. The molecule has 29 heavy (non-hydrogen) atoms. The Labute approximate surface area is 174 Å². The SMILES string of the molecule is COc1ccc(CNC(=O)[C@H](C)[NH+]2CC[NH+](C/C=C/c3ccccc3)CC2)cc1. The third-order valence-corrected chi connectivity index (χ3v) is 5.75. The van der Waals surface area contributed by atoms with Crippen LogP contribution >= 0.6 is 0 Å². The molecule has 0 unspecified atom stereocenters. The maximum atomic E-state index is 12.6. The van der Waals surface area contributed by atoms with Gasteiger partial charge in [0.2, 0.25) is 0 Å². The molecule has 1 aliphatic rings. The van der Waals surface area contributed by atoms with Gasteiger partial charge in [0.25, 0.3) is 5.91 Å². The lowest BCUT2D eigenvalue weighted by Gasteiger charge is -2.32. The number of benzene rings is 2. The molecule has 0 aliphatic carbocycles. The average molecular weight is 396 g/mol. The second-order valence-electron chi connectivity index (χ2n) is 7.71. The van der Waals surface area contributed by atoms with E-state index in [1.807, 2.05) is 37.3 Å². The number of methoxy groups -OCH3 is 1. The number of hydrogen-bond acceptors (Lipinski definition) is 2. The smallest absolute Gasteiger partial charge is 0.278 e. The predicted octanol–water partition coefficient (Wildman–Crippen LogP) is 0.197. The number of rotatable bonds is 8. The lowest BCUT2D eigenvalue weighted by atomic mass is 10.2. The van der Waals surface area contributed by atoms with Gasteiger partial charge in [-0.15, -0.1) is 0 Å². The van der Waals surface area contributed by atoms with E-state index in [9.17, 15) is 4.79 Å². The summed E-state index contributed by atoms with van der Waals surface area (Å²) in [5, 5.41) is 3.08. The Hall–Kier alpha value is -2.63. The molecule has 1 fully saturated rings.